The molecule has 0 aliphatic carbocycles. The molecule has 102 valence electrons. The Hall–Kier alpha value is -2.00. The van der Waals surface area contributed by atoms with Crippen molar-refractivity contribution in [3.8, 4) is 5.75 Å². The molecule has 1 atom stereocenters. The lowest BCUT2D eigenvalue weighted by Crippen LogP contribution is -2.14. The van der Waals surface area contributed by atoms with E-state index >= 15 is 0 Å². The van der Waals surface area contributed by atoms with Crippen molar-refractivity contribution in [2.75, 3.05) is 12.4 Å². The zero-order chi connectivity index (χ0) is 14.1. The molecule has 20 heavy (non-hydrogen) atoms. The van der Waals surface area contributed by atoms with Gasteiger partial charge < -0.3 is 10.1 Å². The Bertz CT molecular complexity index is 669. The van der Waals surface area contributed by atoms with Crippen LogP contribution in [0.3, 0.4) is 0 Å². The predicted molar refractivity (Wildman–Crippen MR) is 79.5 cm³/mol. The van der Waals surface area contributed by atoms with Crippen LogP contribution in [0.15, 0.2) is 42.5 Å². The minimum atomic E-state index is -0.196. The number of carbonyl (C=O) groups is 1. The number of hydrogen-bond donors (Lipinski definition) is 1. The van der Waals surface area contributed by atoms with Crippen molar-refractivity contribution >= 4 is 23.2 Å². The maximum atomic E-state index is 12.1. The lowest BCUT2D eigenvalue weighted by molar-refractivity contribution is -0.117. The van der Waals surface area contributed by atoms with Gasteiger partial charge in [0.2, 0.25) is 5.91 Å². The molecule has 0 saturated carbocycles. The van der Waals surface area contributed by atoms with E-state index in [1.165, 1.54) is 0 Å². The molecule has 2 aromatic carbocycles. The van der Waals surface area contributed by atoms with Gasteiger partial charge in [0.25, 0.3) is 0 Å². The summed E-state index contributed by atoms with van der Waals surface area (Å²) in [7, 11) is 1.62. The molecule has 1 aliphatic rings. The van der Waals surface area contributed by atoms with E-state index in [0.29, 0.717) is 11.4 Å². The van der Waals surface area contributed by atoms with E-state index < -0.39 is 0 Å². The van der Waals surface area contributed by atoms with E-state index in [9.17, 15) is 4.79 Å². The number of para-hydroxylation sites is 1. The van der Waals surface area contributed by atoms with Crippen LogP contribution < -0.4 is 10.1 Å². The van der Waals surface area contributed by atoms with Crippen LogP contribution in [-0.4, -0.2) is 13.0 Å². The van der Waals surface area contributed by atoms with Gasteiger partial charge in [0.15, 0.2) is 0 Å². The van der Waals surface area contributed by atoms with Crippen molar-refractivity contribution in [2.45, 2.75) is 12.3 Å². The molecule has 3 nitrogen and oxygen atoms in total. The predicted octanol–water partition coefficient (Wildman–Crippen LogP) is 3.63. The van der Waals surface area contributed by atoms with Gasteiger partial charge in [-0.3, -0.25) is 4.79 Å². The normalized spacial score (nSPS) is 16.7. The summed E-state index contributed by atoms with van der Waals surface area (Å²) in [6.45, 7) is 0. The van der Waals surface area contributed by atoms with Crippen molar-refractivity contribution < 1.29 is 9.53 Å². The number of halogens is 1. The van der Waals surface area contributed by atoms with Gasteiger partial charge in [-0.2, -0.15) is 0 Å². The molecule has 1 unspecified atom stereocenters. The molecule has 0 radical (unpaired) electrons. The van der Waals surface area contributed by atoms with E-state index in [-0.39, 0.29) is 11.8 Å². The monoisotopic (exact) mass is 287 g/mol. The first-order valence-electron chi connectivity index (χ1n) is 6.41. The van der Waals surface area contributed by atoms with Crippen LogP contribution in [0.25, 0.3) is 0 Å². The molecular weight excluding hydrogens is 274 g/mol. The number of carbonyl (C=O) groups excluding carboxylic acids is 1. The number of fused-ring (bicyclic) bond motifs is 1. The third-order valence-corrected chi connectivity index (χ3v) is 3.81. The van der Waals surface area contributed by atoms with Crippen LogP contribution in [0.4, 0.5) is 5.69 Å². The molecule has 1 amide bonds. The number of benzene rings is 2. The van der Waals surface area contributed by atoms with Gasteiger partial charge in [-0.1, -0.05) is 29.8 Å². The molecule has 4 heteroatoms. The molecule has 0 aromatic heterocycles. The quantitative estimate of drug-likeness (QED) is 0.936. The van der Waals surface area contributed by atoms with Crippen LogP contribution in [0.2, 0.25) is 5.02 Å². The van der Waals surface area contributed by atoms with Crippen LogP contribution in [0, 0.1) is 0 Å². The summed E-state index contributed by atoms with van der Waals surface area (Å²) < 4.78 is 5.34. The summed E-state index contributed by atoms with van der Waals surface area (Å²) in [5.74, 6) is 0.582. The molecule has 2 aromatic rings. The Morgan fingerprint density at radius 2 is 2.05 bits per heavy atom. The highest BCUT2D eigenvalue weighted by atomic mass is 35.5. The van der Waals surface area contributed by atoms with Crippen molar-refractivity contribution in [1.82, 2.24) is 0 Å². The van der Waals surface area contributed by atoms with Gasteiger partial charge in [-0.05, 0) is 41.8 Å². The van der Waals surface area contributed by atoms with Crippen LogP contribution in [0.5, 0.6) is 5.75 Å². The maximum absolute atomic E-state index is 12.1. The number of nitrogens with one attached hydrogen (secondary N) is 1. The number of methoxy groups -OCH3 is 1. The van der Waals surface area contributed by atoms with Gasteiger partial charge in [0, 0.05) is 10.7 Å². The average molecular weight is 288 g/mol. The van der Waals surface area contributed by atoms with Gasteiger partial charge in [-0.25, -0.2) is 0 Å². The van der Waals surface area contributed by atoms with E-state index in [0.717, 1.165) is 22.6 Å². The van der Waals surface area contributed by atoms with Gasteiger partial charge in [-0.15, -0.1) is 0 Å². The smallest absolute Gasteiger partial charge is 0.232 e. The Labute approximate surface area is 122 Å². The fourth-order valence-corrected chi connectivity index (χ4v) is 2.80. The van der Waals surface area contributed by atoms with E-state index in [4.69, 9.17) is 16.3 Å². The lowest BCUT2D eigenvalue weighted by atomic mass is 9.93. The summed E-state index contributed by atoms with van der Waals surface area (Å²) in [5, 5.41) is 3.55. The molecule has 1 N–H and O–H groups in total. The van der Waals surface area contributed by atoms with Gasteiger partial charge in [0.1, 0.15) is 5.75 Å². The molecule has 1 aliphatic heterocycles. The Balaban J connectivity index is 1.96. The fourth-order valence-electron chi connectivity index (χ4n) is 2.61. The Kier molecular flexibility index (Phi) is 3.36. The second-order valence-corrected chi connectivity index (χ2v) is 5.23. The number of ether oxygens (including phenoxy) is 1. The summed E-state index contributed by atoms with van der Waals surface area (Å²) in [6.07, 6.45) is 0.576. The second-order valence-electron chi connectivity index (χ2n) is 4.79. The molecule has 0 saturated heterocycles. The fraction of sp³-hybridized carbons (Fsp3) is 0.188. The van der Waals surface area contributed by atoms with Crippen molar-refractivity contribution in [2.24, 2.45) is 0 Å². The minimum Gasteiger partial charge on any atom is -0.496 e. The summed E-state index contributed by atoms with van der Waals surface area (Å²) >= 11 is 6.04. The number of rotatable bonds is 3. The molecule has 0 fully saturated rings. The molecule has 1 heterocycles. The van der Waals surface area contributed by atoms with Gasteiger partial charge >= 0.3 is 0 Å². The van der Waals surface area contributed by atoms with Crippen molar-refractivity contribution in [3.05, 3.63) is 58.6 Å². The van der Waals surface area contributed by atoms with Crippen LogP contribution in [0.1, 0.15) is 17.0 Å². The first-order chi connectivity index (χ1) is 9.69. The van der Waals surface area contributed by atoms with Crippen LogP contribution >= 0.6 is 11.6 Å². The number of anilines is 1. The summed E-state index contributed by atoms with van der Waals surface area (Å²) in [4.78, 5) is 12.1. The third-order valence-electron chi connectivity index (χ3n) is 3.58. The molecule has 0 bridgehead atoms. The third kappa shape index (κ3) is 2.25. The first-order valence-corrected chi connectivity index (χ1v) is 6.79. The van der Waals surface area contributed by atoms with Gasteiger partial charge in [0.05, 0.1) is 13.0 Å². The Morgan fingerprint density at radius 3 is 2.85 bits per heavy atom. The highest BCUT2D eigenvalue weighted by Gasteiger charge is 2.30. The minimum absolute atomic E-state index is 0.0215. The zero-order valence-corrected chi connectivity index (χ0v) is 11.8. The highest BCUT2D eigenvalue weighted by Crippen LogP contribution is 2.36. The van der Waals surface area contributed by atoms with Crippen molar-refractivity contribution in [3.63, 3.8) is 0 Å². The first kappa shape index (κ1) is 13.0. The second kappa shape index (κ2) is 5.17. The zero-order valence-electron chi connectivity index (χ0n) is 11.0. The van der Waals surface area contributed by atoms with E-state index in [2.05, 4.69) is 5.32 Å². The van der Waals surface area contributed by atoms with Crippen molar-refractivity contribution in [1.29, 1.82) is 0 Å². The number of hydrogen-bond acceptors (Lipinski definition) is 2. The summed E-state index contributed by atoms with van der Waals surface area (Å²) in [6, 6.07) is 13.2. The largest absolute Gasteiger partial charge is 0.496 e. The molecule has 0 spiro atoms. The highest BCUT2D eigenvalue weighted by molar-refractivity contribution is 6.30. The summed E-state index contributed by atoms with van der Waals surface area (Å²) in [5.41, 5.74) is 2.86. The lowest BCUT2D eigenvalue weighted by Gasteiger charge is -2.13. The maximum Gasteiger partial charge on any atom is 0.232 e. The molecular formula is C16H14ClNO2. The topological polar surface area (TPSA) is 38.3 Å². The SMILES string of the molecule is COc1ccc(Cl)cc1CC1C(=O)Nc2ccccc21. The average Bonchev–Trinajstić information content (AvgIpc) is 2.76. The molecule has 3 rings (SSSR count). The Morgan fingerprint density at radius 1 is 1.25 bits per heavy atom. The number of amides is 1. The standard InChI is InChI=1S/C16H14ClNO2/c1-20-15-7-6-11(17)8-10(15)9-13-12-4-2-3-5-14(12)18-16(13)19/h2-8,13H,9H2,1H3,(H,18,19). The van der Waals surface area contributed by atoms with Crippen LogP contribution in [-0.2, 0) is 11.2 Å². The van der Waals surface area contributed by atoms with E-state index in [1.54, 1.807) is 13.2 Å². The van der Waals surface area contributed by atoms with E-state index in [1.807, 2.05) is 36.4 Å².